The highest BCUT2D eigenvalue weighted by atomic mass is 32.2. The fourth-order valence-corrected chi connectivity index (χ4v) is 3.02. The summed E-state index contributed by atoms with van der Waals surface area (Å²) in [6.07, 6.45) is 0. The number of aromatic nitrogens is 1. The van der Waals surface area contributed by atoms with Crippen LogP contribution in [0, 0.1) is 27.7 Å². The van der Waals surface area contributed by atoms with Gasteiger partial charge in [-0.1, -0.05) is 17.7 Å². The lowest BCUT2D eigenvalue weighted by Crippen LogP contribution is -2.33. The van der Waals surface area contributed by atoms with Gasteiger partial charge in [0.25, 0.3) is 5.52 Å². The summed E-state index contributed by atoms with van der Waals surface area (Å²) in [6.45, 7) is 11.2. The number of hydrogen-bond donors (Lipinski definition) is 0. The Labute approximate surface area is 148 Å². The standard InChI is InChI=1S/C12H16NO.C7H8O3S/c1-5-13-10(4)14-12-7-9(3)8(2)6-11(12)13;1-6-2-4-7(5-3-6)11(8,9)10/h6-7H,5H2,1-4H3;2-5H,1H3,(H,8,9,10)/q+1;/p-1. The van der Waals surface area contributed by atoms with Gasteiger partial charge in [-0.2, -0.15) is 4.57 Å². The quantitative estimate of drug-likeness (QED) is 0.517. The molecular weight excluding hydrogens is 338 g/mol. The number of aryl methyl sites for hydroxylation is 5. The molecule has 0 atom stereocenters. The minimum Gasteiger partial charge on any atom is -0.744 e. The number of hydrogen-bond acceptors (Lipinski definition) is 4. The van der Waals surface area contributed by atoms with E-state index >= 15 is 0 Å². The molecule has 3 aromatic rings. The molecule has 0 saturated carbocycles. The van der Waals surface area contributed by atoms with Crippen molar-refractivity contribution in [1.29, 1.82) is 0 Å². The van der Waals surface area contributed by atoms with Gasteiger partial charge in [-0.3, -0.25) is 0 Å². The second kappa shape index (κ2) is 7.37. The molecule has 1 heterocycles. The molecule has 0 aliphatic carbocycles. The van der Waals surface area contributed by atoms with Gasteiger partial charge in [0.15, 0.2) is 0 Å². The van der Waals surface area contributed by atoms with E-state index in [2.05, 4.69) is 37.5 Å². The van der Waals surface area contributed by atoms with Crippen LogP contribution >= 0.6 is 0 Å². The summed E-state index contributed by atoms with van der Waals surface area (Å²) in [4.78, 5) is -0.178. The molecular formula is C19H23NO4S. The largest absolute Gasteiger partial charge is 0.744 e. The highest BCUT2D eigenvalue weighted by molar-refractivity contribution is 7.85. The van der Waals surface area contributed by atoms with Crippen molar-refractivity contribution < 1.29 is 22.0 Å². The van der Waals surface area contributed by atoms with E-state index in [4.69, 9.17) is 4.42 Å². The van der Waals surface area contributed by atoms with Gasteiger partial charge in [0.05, 0.1) is 11.8 Å². The molecule has 0 spiro atoms. The maximum absolute atomic E-state index is 10.4. The van der Waals surface area contributed by atoms with Crippen LogP contribution in [0.1, 0.15) is 29.5 Å². The highest BCUT2D eigenvalue weighted by Gasteiger charge is 2.17. The summed E-state index contributed by atoms with van der Waals surface area (Å²) in [6, 6.07) is 10.1. The van der Waals surface area contributed by atoms with E-state index in [1.165, 1.54) is 28.8 Å². The molecule has 0 aliphatic rings. The van der Waals surface area contributed by atoms with E-state index in [1.807, 2.05) is 13.8 Å². The van der Waals surface area contributed by atoms with Crippen molar-refractivity contribution in [2.24, 2.45) is 0 Å². The van der Waals surface area contributed by atoms with Crippen molar-refractivity contribution in [3.63, 3.8) is 0 Å². The van der Waals surface area contributed by atoms with Crippen LogP contribution in [0.25, 0.3) is 11.1 Å². The zero-order valence-electron chi connectivity index (χ0n) is 15.2. The van der Waals surface area contributed by atoms with Gasteiger partial charge < -0.3 is 8.97 Å². The molecule has 0 N–H and O–H groups in total. The topological polar surface area (TPSA) is 74.2 Å². The van der Waals surface area contributed by atoms with Gasteiger partial charge in [-0.15, -0.1) is 0 Å². The maximum Gasteiger partial charge on any atom is 0.344 e. The van der Waals surface area contributed by atoms with E-state index in [0.29, 0.717) is 0 Å². The van der Waals surface area contributed by atoms with Gasteiger partial charge in [0, 0.05) is 6.07 Å². The minimum atomic E-state index is -4.27. The van der Waals surface area contributed by atoms with Crippen LogP contribution in [0.5, 0.6) is 0 Å². The Bertz CT molecular complexity index is 986. The van der Waals surface area contributed by atoms with E-state index in [9.17, 15) is 13.0 Å². The Morgan fingerprint density at radius 1 is 1.00 bits per heavy atom. The first-order valence-electron chi connectivity index (χ1n) is 8.06. The second-order valence-electron chi connectivity index (χ2n) is 6.04. The summed E-state index contributed by atoms with van der Waals surface area (Å²) in [5.74, 6) is 0.979. The van der Waals surface area contributed by atoms with Gasteiger partial charge in [0.2, 0.25) is 5.58 Å². The number of oxazole rings is 1. The average Bonchev–Trinajstić information content (AvgIpc) is 2.82. The zero-order chi connectivity index (χ0) is 18.8. The van der Waals surface area contributed by atoms with Crippen molar-refractivity contribution in [2.45, 2.75) is 46.1 Å². The average molecular weight is 361 g/mol. The maximum atomic E-state index is 10.4. The molecule has 0 bridgehead atoms. The van der Waals surface area contributed by atoms with Crippen LogP contribution in [0.4, 0.5) is 0 Å². The predicted octanol–water partition coefficient (Wildman–Crippen LogP) is 3.56. The van der Waals surface area contributed by atoms with Crippen LogP contribution in [-0.2, 0) is 16.7 Å². The SMILES string of the molecule is CC[n+]1c(C)oc2cc(C)c(C)cc21.Cc1ccc(S(=O)(=O)[O-])cc1. The highest BCUT2D eigenvalue weighted by Crippen LogP contribution is 2.18. The molecule has 1 aromatic heterocycles. The molecule has 3 rings (SSSR count). The lowest BCUT2D eigenvalue weighted by Gasteiger charge is -2.05. The molecule has 0 unspecified atom stereocenters. The third kappa shape index (κ3) is 4.46. The molecule has 2 aromatic carbocycles. The fourth-order valence-electron chi connectivity index (χ4n) is 2.55. The molecule has 0 aliphatic heterocycles. The van der Waals surface area contributed by atoms with E-state index in [0.717, 1.165) is 23.6 Å². The third-order valence-corrected chi connectivity index (χ3v) is 4.98. The van der Waals surface area contributed by atoms with Crippen LogP contribution in [-0.4, -0.2) is 13.0 Å². The van der Waals surface area contributed by atoms with E-state index < -0.39 is 10.1 Å². The van der Waals surface area contributed by atoms with E-state index in [-0.39, 0.29) is 4.90 Å². The summed E-state index contributed by atoms with van der Waals surface area (Å²) in [5.41, 5.74) is 5.73. The van der Waals surface area contributed by atoms with Crippen LogP contribution in [0.3, 0.4) is 0 Å². The predicted molar refractivity (Wildman–Crippen MR) is 95.4 cm³/mol. The molecule has 5 nitrogen and oxygen atoms in total. The molecule has 0 fully saturated rings. The molecule has 6 heteroatoms. The fraction of sp³-hybridized carbons (Fsp3) is 0.316. The summed E-state index contributed by atoms with van der Waals surface area (Å²) < 4.78 is 39.1. The molecule has 25 heavy (non-hydrogen) atoms. The number of nitrogens with zero attached hydrogens (tertiary/aromatic N) is 1. The summed E-state index contributed by atoms with van der Waals surface area (Å²) in [7, 11) is -4.27. The van der Waals surface area contributed by atoms with Gasteiger partial charge in [0.1, 0.15) is 16.7 Å². The Morgan fingerprint density at radius 2 is 1.56 bits per heavy atom. The smallest absolute Gasteiger partial charge is 0.344 e. The number of benzene rings is 2. The van der Waals surface area contributed by atoms with Crippen LogP contribution in [0.2, 0.25) is 0 Å². The van der Waals surface area contributed by atoms with Crippen molar-refractivity contribution in [1.82, 2.24) is 0 Å². The van der Waals surface area contributed by atoms with Crippen LogP contribution in [0.15, 0.2) is 45.7 Å². The first kappa shape index (κ1) is 19.1. The van der Waals surface area contributed by atoms with Crippen molar-refractivity contribution in [3.05, 3.63) is 59.0 Å². The Kier molecular flexibility index (Phi) is 5.65. The monoisotopic (exact) mass is 361 g/mol. The molecule has 134 valence electrons. The minimum absolute atomic E-state index is 0.178. The molecule has 0 radical (unpaired) electrons. The van der Waals surface area contributed by atoms with E-state index in [1.54, 1.807) is 12.1 Å². The molecule has 0 saturated heterocycles. The van der Waals surface area contributed by atoms with Crippen molar-refractivity contribution in [2.75, 3.05) is 0 Å². The zero-order valence-corrected chi connectivity index (χ0v) is 16.0. The van der Waals surface area contributed by atoms with Crippen molar-refractivity contribution in [3.8, 4) is 0 Å². The van der Waals surface area contributed by atoms with Gasteiger partial charge in [-0.05, 0) is 57.0 Å². The first-order valence-corrected chi connectivity index (χ1v) is 9.47. The first-order chi connectivity index (χ1) is 11.6. The van der Waals surface area contributed by atoms with Gasteiger partial charge in [-0.25, -0.2) is 8.42 Å². The number of rotatable bonds is 2. The lowest BCUT2D eigenvalue weighted by molar-refractivity contribution is -0.679. The Hall–Kier alpha value is -2.18. The van der Waals surface area contributed by atoms with Crippen LogP contribution < -0.4 is 4.57 Å². The summed E-state index contributed by atoms with van der Waals surface area (Å²) >= 11 is 0. The third-order valence-electron chi connectivity index (χ3n) is 4.13. The van der Waals surface area contributed by atoms with Gasteiger partial charge >= 0.3 is 5.89 Å². The second-order valence-corrected chi connectivity index (χ2v) is 7.42. The number of fused-ring (bicyclic) bond motifs is 1. The normalized spacial score (nSPS) is 11.3. The Balaban J connectivity index is 0.000000186. The van der Waals surface area contributed by atoms with Crippen molar-refractivity contribution >= 4 is 21.2 Å². The Morgan fingerprint density at radius 3 is 2.08 bits per heavy atom. The summed E-state index contributed by atoms with van der Waals surface area (Å²) in [5, 5.41) is 0. The lowest BCUT2D eigenvalue weighted by atomic mass is 10.1. The molecule has 0 amide bonds.